The number of benzene rings is 2. The number of amides is 1. The minimum absolute atomic E-state index is 0.215. The average molecular weight is 313 g/mol. The van der Waals surface area contributed by atoms with Gasteiger partial charge in [-0.1, -0.05) is 42.5 Å². The Morgan fingerprint density at radius 1 is 1.13 bits per heavy atom. The summed E-state index contributed by atoms with van der Waals surface area (Å²) < 4.78 is 5.26. The first-order chi connectivity index (χ1) is 11.1. The summed E-state index contributed by atoms with van der Waals surface area (Å²) in [6, 6.07) is 15.9. The Bertz CT molecular complexity index is 670. The molecule has 1 atom stereocenters. The molecule has 0 saturated carbocycles. The molecule has 5 heteroatoms. The van der Waals surface area contributed by atoms with Crippen LogP contribution in [0, 0.1) is 0 Å². The van der Waals surface area contributed by atoms with Crippen molar-refractivity contribution in [2.75, 3.05) is 13.7 Å². The molecule has 2 N–H and O–H groups in total. The third-order valence-electron chi connectivity index (χ3n) is 3.46. The first kappa shape index (κ1) is 16.7. The maximum atomic E-state index is 12.2. The predicted octanol–water partition coefficient (Wildman–Crippen LogP) is 2.43. The average Bonchev–Trinajstić information content (AvgIpc) is 2.57. The molecule has 120 valence electrons. The van der Waals surface area contributed by atoms with Gasteiger partial charge in [-0.2, -0.15) is 0 Å². The molecule has 0 aromatic heterocycles. The summed E-state index contributed by atoms with van der Waals surface area (Å²) in [4.78, 5) is 23.1. The van der Waals surface area contributed by atoms with Crippen molar-refractivity contribution in [3.63, 3.8) is 0 Å². The van der Waals surface area contributed by atoms with Crippen molar-refractivity contribution in [3.8, 4) is 0 Å². The second kappa shape index (κ2) is 8.10. The van der Waals surface area contributed by atoms with Crippen molar-refractivity contribution in [1.29, 1.82) is 0 Å². The topological polar surface area (TPSA) is 75.6 Å². The number of carboxylic acid groups (broad SMARTS) is 1. The van der Waals surface area contributed by atoms with Crippen molar-refractivity contribution in [2.24, 2.45) is 0 Å². The molecule has 2 aromatic carbocycles. The van der Waals surface area contributed by atoms with Gasteiger partial charge in [-0.15, -0.1) is 0 Å². The van der Waals surface area contributed by atoms with E-state index in [2.05, 4.69) is 5.32 Å². The third kappa shape index (κ3) is 4.66. The normalized spacial score (nSPS) is 11.7. The molecule has 0 bridgehead atoms. The highest BCUT2D eigenvalue weighted by Crippen LogP contribution is 2.16. The Labute approximate surface area is 134 Å². The SMILES string of the molecule is COC(C(=O)NCCc1cccc(C(=O)O)c1)c1ccccc1. The van der Waals surface area contributed by atoms with E-state index in [9.17, 15) is 9.59 Å². The minimum atomic E-state index is -0.959. The number of ether oxygens (including phenoxy) is 1. The van der Waals surface area contributed by atoms with E-state index >= 15 is 0 Å². The van der Waals surface area contributed by atoms with Gasteiger partial charge in [0.1, 0.15) is 0 Å². The highest BCUT2D eigenvalue weighted by molar-refractivity contribution is 5.87. The predicted molar refractivity (Wildman–Crippen MR) is 86.3 cm³/mol. The second-order valence-electron chi connectivity index (χ2n) is 5.07. The number of aromatic carboxylic acids is 1. The molecule has 0 saturated heterocycles. The Morgan fingerprint density at radius 2 is 1.87 bits per heavy atom. The van der Waals surface area contributed by atoms with Crippen LogP contribution in [-0.2, 0) is 16.0 Å². The molecular formula is C18H19NO4. The molecule has 1 unspecified atom stereocenters. The fraction of sp³-hybridized carbons (Fsp3) is 0.222. The Balaban J connectivity index is 1.91. The molecule has 0 radical (unpaired) electrons. The zero-order chi connectivity index (χ0) is 16.7. The van der Waals surface area contributed by atoms with Gasteiger partial charge in [0.25, 0.3) is 5.91 Å². The number of rotatable bonds is 7. The van der Waals surface area contributed by atoms with Crippen LogP contribution in [0.3, 0.4) is 0 Å². The number of carbonyl (C=O) groups excluding carboxylic acids is 1. The summed E-state index contributed by atoms with van der Waals surface area (Å²) in [7, 11) is 1.49. The Kier molecular flexibility index (Phi) is 5.88. The van der Waals surface area contributed by atoms with Crippen LogP contribution in [0.5, 0.6) is 0 Å². The molecule has 0 aliphatic carbocycles. The van der Waals surface area contributed by atoms with Crippen molar-refractivity contribution in [1.82, 2.24) is 5.32 Å². The van der Waals surface area contributed by atoms with Crippen LogP contribution in [0.2, 0.25) is 0 Å². The number of hydrogen-bond donors (Lipinski definition) is 2. The van der Waals surface area contributed by atoms with Crippen LogP contribution in [0.25, 0.3) is 0 Å². The van der Waals surface area contributed by atoms with Crippen LogP contribution in [0.1, 0.15) is 27.6 Å². The lowest BCUT2D eigenvalue weighted by Gasteiger charge is -2.15. The van der Waals surface area contributed by atoms with E-state index in [1.54, 1.807) is 18.2 Å². The monoisotopic (exact) mass is 313 g/mol. The summed E-state index contributed by atoms with van der Waals surface area (Å²) in [5.74, 6) is -1.17. The lowest BCUT2D eigenvalue weighted by Crippen LogP contribution is -2.31. The molecule has 5 nitrogen and oxygen atoms in total. The van der Waals surface area contributed by atoms with Gasteiger partial charge in [-0.05, 0) is 29.7 Å². The fourth-order valence-electron chi connectivity index (χ4n) is 2.30. The molecule has 2 aromatic rings. The maximum Gasteiger partial charge on any atom is 0.335 e. The van der Waals surface area contributed by atoms with Crippen molar-refractivity contribution < 1.29 is 19.4 Å². The van der Waals surface area contributed by atoms with E-state index in [4.69, 9.17) is 9.84 Å². The molecule has 23 heavy (non-hydrogen) atoms. The number of carboxylic acids is 1. The summed E-state index contributed by atoms with van der Waals surface area (Å²) in [6.07, 6.45) is -0.0977. The summed E-state index contributed by atoms with van der Waals surface area (Å²) in [5.41, 5.74) is 1.90. The molecule has 0 spiro atoms. The van der Waals surface area contributed by atoms with Gasteiger partial charge in [-0.3, -0.25) is 4.79 Å². The van der Waals surface area contributed by atoms with Gasteiger partial charge in [0.2, 0.25) is 0 Å². The van der Waals surface area contributed by atoms with Gasteiger partial charge >= 0.3 is 5.97 Å². The van der Waals surface area contributed by atoms with Crippen LogP contribution in [0.4, 0.5) is 0 Å². The van der Waals surface area contributed by atoms with Crippen LogP contribution in [-0.4, -0.2) is 30.6 Å². The fourth-order valence-corrected chi connectivity index (χ4v) is 2.30. The number of hydrogen-bond acceptors (Lipinski definition) is 3. The van der Waals surface area contributed by atoms with Crippen molar-refractivity contribution in [3.05, 3.63) is 71.3 Å². The van der Waals surface area contributed by atoms with Gasteiger partial charge < -0.3 is 15.2 Å². The van der Waals surface area contributed by atoms with Gasteiger partial charge in [0.15, 0.2) is 6.10 Å². The summed E-state index contributed by atoms with van der Waals surface area (Å²) in [6.45, 7) is 0.411. The zero-order valence-corrected chi connectivity index (χ0v) is 12.9. The van der Waals surface area contributed by atoms with E-state index in [1.165, 1.54) is 7.11 Å². The summed E-state index contributed by atoms with van der Waals surface area (Å²) >= 11 is 0. The standard InChI is InChI=1S/C18H19NO4/c1-23-16(14-7-3-2-4-8-14)17(20)19-11-10-13-6-5-9-15(12-13)18(21)22/h2-9,12,16H,10-11H2,1H3,(H,19,20)(H,21,22). The Morgan fingerprint density at radius 3 is 2.52 bits per heavy atom. The minimum Gasteiger partial charge on any atom is -0.478 e. The molecule has 2 rings (SSSR count). The van der Waals surface area contributed by atoms with Crippen molar-refractivity contribution >= 4 is 11.9 Å². The first-order valence-corrected chi connectivity index (χ1v) is 7.29. The second-order valence-corrected chi connectivity index (χ2v) is 5.07. The smallest absolute Gasteiger partial charge is 0.335 e. The van der Waals surface area contributed by atoms with Crippen LogP contribution >= 0.6 is 0 Å². The van der Waals surface area contributed by atoms with Crippen LogP contribution in [0.15, 0.2) is 54.6 Å². The Hall–Kier alpha value is -2.66. The van der Waals surface area contributed by atoms with Gasteiger partial charge in [-0.25, -0.2) is 4.79 Å². The van der Waals surface area contributed by atoms with E-state index in [1.807, 2.05) is 36.4 Å². The van der Waals surface area contributed by atoms with E-state index < -0.39 is 12.1 Å². The number of methoxy groups -OCH3 is 1. The number of carbonyl (C=O) groups is 2. The van der Waals surface area contributed by atoms with E-state index in [0.717, 1.165) is 11.1 Å². The lowest BCUT2D eigenvalue weighted by atomic mass is 10.1. The molecule has 1 amide bonds. The lowest BCUT2D eigenvalue weighted by molar-refractivity contribution is -0.131. The number of nitrogens with one attached hydrogen (secondary N) is 1. The molecule has 0 heterocycles. The zero-order valence-electron chi connectivity index (χ0n) is 12.9. The van der Waals surface area contributed by atoms with Gasteiger partial charge in [0, 0.05) is 13.7 Å². The van der Waals surface area contributed by atoms with Crippen LogP contribution < -0.4 is 5.32 Å². The third-order valence-corrected chi connectivity index (χ3v) is 3.46. The quantitative estimate of drug-likeness (QED) is 0.823. The highest BCUT2D eigenvalue weighted by atomic mass is 16.5. The maximum absolute atomic E-state index is 12.2. The molecule has 0 aliphatic rings. The molecule has 0 aliphatic heterocycles. The van der Waals surface area contributed by atoms with Crippen molar-refractivity contribution in [2.45, 2.75) is 12.5 Å². The molecule has 0 fully saturated rings. The van der Waals surface area contributed by atoms with E-state index in [0.29, 0.717) is 13.0 Å². The first-order valence-electron chi connectivity index (χ1n) is 7.29. The van der Waals surface area contributed by atoms with E-state index in [-0.39, 0.29) is 11.5 Å². The molecular weight excluding hydrogens is 294 g/mol. The largest absolute Gasteiger partial charge is 0.478 e. The van der Waals surface area contributed by atoms with Gasteiger partial charge in [0.05, 0.1) is 5.56 Å². The summed E-state index contributed by atoms with van der Waals surface area (Å²) in [5, 5.41) is 11.8. The highest BCUT2D eigenvalue weighted by Gasteiger charge is 2.19.